The predicted molar refractivity (Wildman–Crippen MR) is 81.6 cm³/mol. The number of aliphatic hydroxyl groups is 1. The number of aromatic amines is 1. The SMILES string of the molecule is Cc1[nH]c(C(=O)O[C@H](C)C(=O)N2CCCC2)c(C)c1[C@H](C)O. The number of aromatic nitrogens is 1. The van der Waals surface area contributed by atoms with E-state index in [4.69, 9.17) is 4.74 Å². The minimum absolute atomic E-state index is 0.150. The number of rotatable bonds is 4. The molecule has 0 spiro atoms. The molecule has 0 unspecified atom stereocenters. The second kappa shape index (κ2) is 6.52. The van der Waals surface area contributed by atoms with E-state index in [0.29, 0.717) is 16.8 Å². The Labute approximate surface area is 130 Å². The third-order valence-electron chi connectivity index (χ3n) is 4.17. The Morgan fingerprint density at radius 3 is 2.32 bits per heavy atom. The molecule has 0 radical (unpaired) electrons. The number of aryl methyl sites for hydroxylation is 1. The molecule has 6 heteroatoms. The van der Waals surface area contributed by atoms with Crippen molar-refractivity contribution in [2.24, 2.45) is 0 Å². The van der Waals surface area contributed by atoms with Gasteiger partial charge in [0.2, 0.25) is 0 Å². The summed E-state index contributed by atoms with van der Waals surface area (Å²) in [6.07, 6.45) is 0.531. The fourth-order valence-electron chi connectivity index (χ4n) is 3.06. The van der Waals surface area contributed by atoms with Crippen LogP contribution in [0.1, 0.15) is 60.1 Å². The lowest BCUT2D eigenvalue weighted by atomic mass is 10.1. The van der Waals surface area contributed by atoms with Crippen molar-refractivity contribution < 1.29 is 19.4 Å². The summed E-state index contributed by atoms with van der Waals surface area (Å²) in [5.74, 6) is -0.713. The number of H-pyrrole nitrogens is 1. The highest BCUT2D eigenvalue weighted by molar-refractivity contribution is 5.92. The molecule has 2 atom stereocenters. The molecule has 122 valence electrons. The first-order valence-electron chi connectivity index (χ1n) is 7.69. The highest BCUT2D eigenvalue weighted by atomic mass is 16.5. The van der Waals surface area contributed by atoms with E-state index in [1.165, 1.54) is 0 Å². The van der Waals surface area contributed by atoms with Crippen LogP contribution in [-0.4, -0.2) is 46.1 Å². The van der Waals surface area contributed by atoms with Gasteiger partial charge in [-0.15, -0.1) is 0 Å². The van der Waals surface area contributed by atoms with Crippen LogP contribution in [0.5, 0.6) is 0 Å². The Morgan fingerprint density at radius 2 is 1.82 bits per heavy atom. The lowest BCUT2D eigenvalue weighted by molar-refractivity contribution is -0.138. The van der Waals surface area contributed by atoms with Crippen molar-refractivity contribution >= 4 is 11.9 Å². The number of esters is 1. The summed E-state index contributed by atoms with van der Waals surface area (Å²) in [6, 6.07) is 0. The molecule has 2 N–H and O–H groups in total. The number of carbonyl (C=O) groups excluding carboxylic acids is 2. The number of carbonyl (C=O) groups is 2. The van der Waals surface area contributed by atoms with Crippen molar-refractivity contribution in [2.75, 3.05) is 13.1 Å². The third kappa shape index (κ3) is 3.16. The summed E-state index contributed by atoms with van der Waals surface area (Å²) in [4.78, 5) is 29.1. The van der Waals surface area contributed by atoms with Gasteiger partial charge in [-0.2, -0.15) is 0 Å². The third-order valence-corrected chi connectivity index (χ3v) is 4.17. The molecule has 1 amide bonds. The maximum Gasteiger partial charge on any atom is 0.355 e. The topological polar surface area (TPSA) is 82.6 Å². The first-order valence-corrected chi connectivity index (χ1v) is 7.69. The summed E-state index contributed by atoms with van der Waals surface area (Å²) in [5, 5.41) is 9.76. The Balaban J connectivity index is 2.09. The number of amides is 1. The summed E-state index contributed by atoms with van der Waals surface area (Å²) in [6.45, 7) is 8.26. The van der Waals surface area contributed by atoms with E-state index in [-0.39, 0.29) is 5.91 Å². The quantitative estimate of drug-likeness (QED) is 0.832. The molecule has 2 rings (SSSR count). The van der Waals surface area contributed by atoms with E-state index in [1.807, 2.05) is 0 Å². The van der Waals surface area contributed by atoms with Gasteiger partial charge in [0.15, 0.2) is 6.10 Å². The molecule has 0 aromatic carbocycles. The van der Waals surface area contributed by atoms with Gasteiger partial charge in [-0.25, -0.2) is 4.79 Å². The second-order valence-electron chi connectivity index (χ2n) is 5.92. The van der Waals surface area contributed by atoms with Gasteiger partial charge in [-0.1, -0.05) is 0 Å². The molecule has 1 aliphatic heterocycles. The van der Waals surface area contributed by atoms with E-state index in [2.05, 4.69) is 4.98 Å². The molecule has 0 bridgehead atoms. The predicted octanol–water partition coefficient (Wildman–Crippen LogP) is 1.85. The Morgan fingerprint density at radius 1 is 1.23 bits per heavy atom. The fraction of sp³-hybridized carbons (Fsp3) is 0.625. The molecule has 1 aromatic rings. The smallest absolute Gasteiger partial charge is 0.355 e. The van der Waals surface area contributed by atoms with Gasteiger partial charge in [-0.3, -0.25) is 4.79 Å². The summed E-state index contributed by atoms with van der Waals surface area (Å²) >= 11 is 0. The molecule has 1 aliphatic rings. The van der Waals surface area contributed by atoms with Crippen molar-refractivity contribution in [3.63, 3.8) is 0 Å². The molecule has 0 aliphatic carbocycles. The van der Waals surface area contributed by atoms with Gasteiger partial charge in [0.05, 0.1) is 6.10 Å². The Bertz CT molecular complexity index is 571. The second-order valence-corrected chi connectivity index (χ2v) is 5.92. The molecule has 6 nitrogen and oxygen atoms in total. The zero-order valence-corrected chi connectivity index (χ0v) is 13.6. The van der Waals surface area contributed by atoms with E-state index in [1.54, 1.807) is 32.6 Å². The van der Waals surface area contributed by atoms with Gasteiger partial charge in [0, 0.05) is 24.3 Å². The van der Waals surface area contributed by atoms with Crippen LogP contribution in [0, 0.1) is 13.8 Å². The van der Waals surface area contributed by atoms with Crippen molar-refractivity contribution in [1.82, 2.24) is 9.88 Å². The Kier molecular flexibility index (Phi) is 4.90. The van der Waals surface area contributed by atoms with Crippen LogP contribution in [0.15, 0.2) is 0 Å². The minimum atomic E-state index is -0.802. The fourth-order valence-corrected chi connectivity index (χ4v) is 3.06. The summed E-state index contributed by atoms with van der Waals surface area (Å²) < 4.78 is 5.30. The monoisotopic (exact) mass is 308 g/mol. The largest absolute Gasteiger partial charge is 0.448 e. The van der Waals surface area contributed by atoms with Crippen molar-refractivity contribution in [1.29, 1.82) is 0 Å². The van der Waals surface area contributed by atoms with Crippen molar-refractivity contribution in [3.8, 4) is 0 Å². The number of ether oxygens (including phenoxy) is 1. The van der Waals surface area contributed by atoms with E-state index in [9.17, 15) is 14.7 Å². The van der Waals surface area contributed by atoms with Gasteiger partial charge in [0.1, 0.15) is 5.69 Å². The molecular weight excluding hydrogens is 284 g/mol. The molecule has 1 fully saturated rings. The number of hydrogen-bond donors (Lipinski definition) is 2. The number of nitrogens with zero attached hydrogens (tertiary/aromatic N) is 1. The number of nitrogens with one attached hydrogen (secondary N) is 1. The molecule has 2 heterocycles. The first kappa shape index (κ1) is 16.5. The number of aliphatic hydroxyl groups excluding tert-OH is 1. The number of hydrogen-bond acceptors (Lipinski definition) is 4. The lowest BCUT2D eigenvalue weighted by Crippen LogP contribution is -2.38. The average Bonchev–Trinajstić information content (AvgIpc) is 3.05. The average molecular weight is 308 g/mol. The zero-order chi connectivity index (χ0) is 16.4. The van der Waals surface area contributed by atoms with Crippen LogP contribution >= 0.6 is 0 Å². The molecule has 22 heavy (non-hydrogen) atoms. The highest BCUT2D eigenvalue weighted by Crippen LogP contribution is 2.25. The normalized spacial score (nSPS) is 17.4. The maximum atomic E-state index is 12.3. The number of likely N-dealkylation sites (tertiary alicyclic amines) is 1. The standard InChI is InChI=1S/C16H24N2O4/c1-9-13(11(3)19)10(2)17-14(9)16(21)22-12(4)15(20)18-7-5-6-8-18/h11-12,17,19H,5-8H2,1-4H3/t11-,12+/m0/s1. The molecule has 1 saturated heterocycles. The van der Waals surface area contributed by atoms with E-state index in [0.717, 1.165) is 31.6 Å². The van der Waals surface area contributed by atoms with E-state index < -0.39 is 18.2 Å². The lowest BCUT2D eigenvalue weighted by Gasteiger charge is -2.20. The molecular formula is C16H24N2O4. The van der Waals surface area contributed by atoms with Crippen LogP contribution in [-0.2, 0) is 9.53 Å². The van der Waals surface area contributed by atoms with Crippen LogP contribution in [0.4, 0.5) is 0 Å². The minimum Gasteiger partial charge on any atom is -0.448 e. The Hall–Kier alpha value is -1.82. The van der Waals surface area contributed by atoms with Crippen LogP contribution in [0.25, 0.3) is 0 Å². The van der Waals surface area contributed by atoms with Gasteiger partial charge in [-0.05, 0) is 46.1 Å². The molecule has 1 aromatic heterocycles. The van der Waals surface area contributed by atoms with Crippen LogP contribution in [0.3, 0.4) is 0 Å². The van der Waals surface area contributed by atoms with Gasteiger partial charge in [0.25, 0.3) is 5.91 Å². The van der Waals surface area contributed by atoms with E-state index >= 15 is 0 Å². The first-order chi connectivity index (χ1) is 10.3. The van der Waals surface area contributed by atoms with Crippen molar-refractivity contribution in [3.05, 3.63) is 22.5 Å². The summed E-state index contributed by atoms with van der Waals surface area (Å²) in [7, 11) is 0. The highest BCUT2D eigenvalue weighted by Gasteiger charge is 2.28. The van der Waals surface area contributed by atoms with Crippen LogP contribution < -0.4 is 0 Å². The van der Waals surface area contributed by atoms with Gasteiger partial charge >= 0.3 is 5.97 Å². The van der Waals surface area contributed by atoms with Crippen LogP contribution in [0.2, 0.25) is 0 Å². The molecule has 0 saturated carbocycles. The van der Waals surface area contributed by atoms with Crippen molar-refractivity contribution in [2.45, 2.75) is 52.7 Å². The zero-order valence-electron chi connectivity index (χ0n) is 13.6. The van der Waals surface area contributed by atoms with Gasteiger partial charge < -0.3 is 19.7 Å². The summed E-state index contributed by atoms with van der Waals surface area (Å²) in [5.41, 5.74) is 2.40. The maximum absolute atomic E-state index is 12.3.